The van der Waals surface area contributed by atoms with Crippen LogP contribution in [-0.2, 0) is 11.0 Å². The number of halogens is 3. The molecule has 1 saturated heterocycles. The first-order chi connectivity index (χ1) is 10.8. The molecule has 2 N–H and O–H groups in total. The first-order valence-corrected chi connectivity index (χ1v) is 7.71. The van der Waals surface area contributed by atoms with Gasteiger partial charge >= 0.3 is 6.18 Å². The van der Waals surface area contributed by atoms with E-state index in [2.05, 4.69) is 5.32 Å². The molecule has 2 unspecified atom stereocenters. The number of alkyl halides is 3. The lowest BCUT2D eigenvalue weighted by molar-refractivity contribution is -0.137. The molecule has 1 saturated carbocycles. The molecule has 7 heteroatoms. The van der Waals surface area contributed by atoms with Crippen molar-refractivity contribution in [2.24, 2.45) is 0 Å². The molecule has 1 aromatic rings. The minimum absolute atomic E-state index is 0.0917. The normalized spacial score (nSPS) is 25.6. The molecule has 1 amide bonds. The minimum Gasteiger partial charge on any atom is -0.392 e. The van der Waals surface area contributed by atoms with Crippen molar-refractivity contribution < 1.29 is 23.1 Å². The summed E-state index contributed by atoms with van der Waals surface area (Å²) in [5.41, 5.74) is -0.227. The zero-order valence-electron chi connectivity index (χ0n) is 12.5. The topological polar surface area (TPSA) is 52.6 Å². The number of aliphatic hydroxyl groups is 1. The zero-order valence-corrected chi connectivity index (χ0v) is 12.5. The first-order valence-electron chi connectivity index (χ1n) is 7.71. The van der Waals surface area contributed by atoms with E-state index < -0.39 is 17.8 Å². The Morgan fingerprint density at radius 3 is 2.74 bits per heavy atom. The van der Waals surface area contributed by atoms with Crippen molar-refractivity contribution in [1.82, 2.24) is 10.2 Å². The summed E-state index contributed by atoms with van der Waals surface area (Å²) in [4.78, 5) is 13.7. The second-order valence-corrected chi connectivity index (χ2v) is 6.30. The van der Waals surface area contributed by atoms with Crippen LogP contribution in [0.3, 0.4) is 0 Å². The van der Waals surface area contributed by atoms with Crippen LogP contribution in [0.25, 0.3) is 0 Å². The van der Waals surface area contributed by atoms with Gasteiger partial charge in [0.05, 0.1) is 18.2 Å². The van der Waals surface area contributed by atoms with Gasteiger partial charge in [0.1, 0.15) is 0 Å². The van der Waals surface area contributed by atoms with Crippen LogP contribution in [-0.4, -0.2) is 41.1 Å². The molecule has 0 aromatic heterocycles. The molecule has 1 aliphatic heterocycles. The van der Waals surface area contributed by atoms with Crippen molar-refractivity contribution in [3.05, 3.63) is 35.4 Å². The molecule has 0 radical (unpaired) electrons. The standard InChI is InChI=1S/C16H19F3N2O2/c17-16(18,19)11-3-1-2-10(6-11)14-7-13(22)8-21(14)9-15(23)20-12-4-5-12/h1-3,6,12-14,22H,4-5,7-9H2,(H,20,23). The summed E-state index contributed by atoms with van der Waals surface area (Å²) in [6.45, 7) is 0.382. The highest BCUT2D eigenvalue weighted by atomic mass is 19.4. The van der Waals surface area contributed by atoms with Crippen LogP contribution in [0.15, 0.2) is 24.3 Å². The molecule has 126 valence electrons. The number of hydrogen-bond donors (Lipinski definition) is 2. The average molecular weight is 328 g/mol. The highest BCUT2D eigenvalue weighted by Crippen LogP contribution is 2.36. The number of benzene rings is 1. The maximum atomic E-state index is 12.9. The maximum Gasteiger partial charge on any atom is 0.416 e. The highest BCUT2D eigenvalue weighted by Gasteiger charge is 2.36. The Morgan fingerprint density at radius 1 is 1.35 bits per heavy atom. The van der Waals surface area contributed by atoms with Gasteiger partial charge < -0.3 is 10.4 Å². The van der Waals surface area contributed by atoms with Crippen LogP contribution in [0.4, 0.5) is 13.2 Å². The molecule has 23 heavy (non-hydrogen) atoms. The summed E-state index contributed by atoms with van der Waals surface area (Å²) in [7, 11) is 0. The van der Waals surface area contributed by atoms with Crippen molar-refractivity contribution >= 4 is 5.91 Å². The van der Waals surface area contributed by atoms with Gasteiger partial charge in [-0.1, -0.05) is 12.1 Å². The summed E-state index contributed by atoms with van der Waals surface area (Å²) in [5, 5.41) is 12.7. The quantitative estimate of drug-likeness (QED) is 0.890. The van der Waals surface area contributed by atoms with Gasteiger partial charge in [-0.15, -0.1) is 0 Å². The Morgan fingerprint density at radius 2 is 2.09 bits per heavy atom. The SMILES string of the molecule is O=C(CN1CC(O)CC1c1cccc(C(F)(F)F)c1)NC1CC1. The molecule has 3 rings (SSSR count). The number of nitrogens with one attached hydrogen (secondary N) is 1. The third kappa shape index (κ3) is 4.03. The molecular weight excluding hydrogens is 309 g/mol. The number of nitrogens with zero attached hydrogens (tertiary/aromatic N) is 1. The summed E-state index contributed by atoms with van der Waals surface area (Å²) in [6, 6.07) is 4.97. The lowest BCUT2D eigenvalue weighted by Gasteiger charge is -2.24. The number of likely N-dealkylation sites (tertiary alicyclic amines) is 1. The Labute approximate surface area is 132 Å². The minimum atomic E-state index is -4.40. The van der Waals surface area contributed by atoms with Crippen LogP contribution in [0, 0.1) is 0 Å². The summed E-state index contributed by atoms with van der Waals surface area (Å²) in [5.74, 6) is -0.140. The zero-order chi connectivity index (χ0) is 16.6. The molecular formula is C16H19F3N2O2. The van der Waals surface area contributed by atoms with Crippen molar-refractivity contribution in [2.45, 2.75) is 43.6 Å². The largest absolute Gasteiger partial charge is 0.416 e. The van der Waals surface area contributed by atoms with Gasteiger partial charge in [-0.05, 0) is 37.0 Å². The molecule has 1 aromatic carbocycles. The molecule has 4 nitrogen and oxygen atoms in total. The van der Waals surface area contributed by atoms with E-state index in [-0.39, 0.29) is 24.5 Å². The van der Waals surface area contributed by atoms with Gasteiger partial charge in [-0.2, -0.15) is 13.2 Å². The molecule has 1 heterocycles. The number of hydrogen-bond acceptors (Lipinski definition) is 3. The van der Waals surface area contributed by atoms with Crippen LogP contribution >= 0.6 is 0 Å². The van der Waals surface area contributed by atoms with Gasteiger partial charge in [-0.3, -0.25) is 9.69 Å². The summed E-state index contributed by atoms with van der Waals surface area (Å²) >= 11 is 0. The van der Waals surface area contributed by atoms with Gasteiger partial charge in [0, 0.05) is 18.6 Å². The smallest absolute Gasteiger partial charge is 0.392 e. The van der Waals surface area contributed by atoms with Crippen molar-refractivity contribution in [1.29, 1.82) is 0 Å². The molecule has 2 fully saturated rings. The number of carbonyl (C=O) groups excluding carboxylic acids is 1. The fraction of sp³-hybridized carbons (Fsp3) is 0.562. The Balaban J connectivity index is 1.74. The summed E-state index contributed by atoms with van der Waals surface area (Å²) < 4.78 is 38.6. The third-order valence-electron chi connectivity index (χ3n) is 4.27. The van der Waals surface area contributed by atoms with E-state index in [4.69, 9.17) is 0 Å². The number of β-amino-alcohol motifs (C(OH)–C–C–N with tert-alkyl or cyclic N) is 1. The molecule has 0 bridgehead atoms. The Kier molecular flexibility index (Phi) is 4.33. The number of amides is 1. The fourth-order valence-corrected chi connectivity index (χ4v) is 3.01. The van der Waals surface area contributed by atoms with E-state index in [0.29, 0.717) is 18.5 Å². The van der Waals surface area contributed by atoms with Gasteiger partial charge in [0.15, 0.2) is 0 Å². The number of aliphatic hydroxyl groups excluding tert-OH is 1. The fourth-order valence-electron chi connectivity index (χ4n) is 3.01. The van der Waals surface area contributed by atoms with Crippen LogP contribution in [0.1, 0.15) is 36.4 Å². The summed E-state index contributed by atoms with van der Waals surface area (Å²) in [6.07, 6.45) is -2.75. The van der Waals surface area contributed by atoms with E-state index in [1.165, 1.54) is 6.07 Å². The third-order valence-corrected chi connectivity index (χ3v) is 4.27. The Hall–Kier alpha value is -1.60. The molecule has 2 aliphatic rings. The van der Waals surface area contributed by atoms with Crippen LogP contribution in [0.2, 0.25) is 0 Å². The lowest BCUT2D eigenvalue weighted by Crippen LogP contribution is -2.38. The van der Waals surface area contributed by atoms with Gasteiger partial charge in [0.25, 0.3) is 0 Å². The van der Waals surface area contributed by atoms with E-state index in [1.807, 2.05) is 0 Å². The maximum absolute atomic E-state index is 12.9. The van der Waals surface area contributed by atoms with E-state index in [1.54, 1.807) is 11.0 Å². The predicted molar refractivity (Wildman–Crippen MR) is 77.5 cm³/mol. The predicted octanol–water partition coefficient (Wildman–Crippen LogP) is 2.09. The van der Waals surface area contributed by atoms with Crippen LogP contribution < -0.4 is 5.32 Å². The van der Waals surface area contributed by atoms with E-state index >= 15 is 0 Å². The molecule has 1 aliphatic carbocycles. The second-order valence-electron chi connectivity index (χ2n) is 6.30. The second kappa shape index (κ2) is 6.13. The van der Waals surface area contributed by atoms with E-state index in [0.717, 1.165) is 25.0 Å². The van der Waals surface area contributed by atoms with Gasteiger partial charge in [-0.25, -0.2) is 0 Å². The van der Waals surface area contributed by atoms with Crippen molar-refractivity contribution in [2.75, 3.05) is 13.1 Å². The van der Waals surface area contributed by atoms with Gasteiger partial charge in [0.2, 0.25) is 5.91 Å². The first kappa shape index (κ1) is 16.3. The Bertz CT molecular complexity index is 587. The molecule has 2 atom stereocenters. The van der Waals surface area contributed by atoms with E-state index in [9.17, 15) is 23.1 Å². The molecule has 0 spiro atoms. The lowest BCUT2D eigenvalue weighted by atomic mass is 10.0. The number of rotatable bonds is 4. The average Bonchev–Trinajstić information content (AvgIpc) is 3.20. The number of carbonyl (C=O) groups is 1. The van der Waals surface area contributed by atoms with Crippen LogP contribution in [0.5, 0.6) is 0 Å². The monoisotopic (exact) mass is 328 g/mol. The van der Waals surface area contributed by atoms with Crippen molar-refractivity contribution in [3.63, 3.8) is 0 Å². The highest BCUT2D eigenvalue weighted by molar-refractivity contribution is 5.78. The van der Waals surface area contributed by atoms with Crippen molar-refractivity contribution in [3.8, 4) is 0 Å².